The smallest absolute Gasteiger partial charge is 0.290 e. The van der Waals surface area contributed by atoms with Crippen LogP contribution in [-0.4, -0.2) is 27.1 Å². The van der Waals surface area contributed by atoms with Gasteiger partial charge in [0, 0.05) is 44.9 Å². The summed E-state index contributed by atoms with van der Waals surface area (Å²) in [5, 5.41) is 7.50. The van der Waals surface area contributed by atoms with Crippen molar-refractivity contribution in [1.82, 2.24) is 20.4 Å². The van der Waals surface area contributed by atoms with Crippen molar-refractivity contribution < 1.29 is 4.79 Å². The number of amides is 1. The SMILES string of the molecule is O=C(N/N=C/c1ccncc1)c1csc(-c2c[nH]c3ccc(Br)cc23)n1. The average molecular weight is 426 g/mol. The fourth-order valence-corrected chi connectivity index (χ4v) is 3.63. The number of carbonyl (C=O) groups excluding carboxylic acids is 1. The fraction of sp³-hybridized carbons (Fsp3) is 0. The zero-order valence-electron chi connectivity index (χ0n) is 13.3. The molecule has 4 rings (SSSR count). The number of hydrazone groups is 1. The summed E-state index contributed by atoms with van der Waals surface area (Å²) in [5.41, 5.74) is 5.66. The number of nitrogens with one attached hydrogen (secondary N) is 2. The molecular weight excluding hydrogens is 414 g/mol. The van der Waals surface area contributed by atoms with E-state index in [0.29, 0.717) is 5.69 Å². The van der Waals surface area contributed by atoms with Crippen LogP contribution in [0.4, 0.5) is 0 Å². The molecule has 0 fully saturated rings. The Morgan fingerprint density at radius 3 is 2.96 bits per heavy atom. The van der Waals surface area contributed by atoms with Crippen LogP contribution in [0.5, 0.6) is 0 Å². The molecule has 4 aromatic rings. The van der Waals surface area contributed by atoms with Crippen molar-refractivity contribution in [3.05, 3.63) is 70.0 Å². The van der Waals surface area contributed by atoms with Gasteiger partial charge in [0.2, 0.25) is 0 Å². The van der Waals surface area contributed by atoms with Crippen LogP contribution in [0.3, 0.4) is 0 Å². The van der Waals surface area contributed by atoms with Gasteiger partial charge in [0.1, 0.15) is 10.7 Å². The fourth-order valence-electron chi connectivity index (χ4n) is 2.44. The quantitative estimate of drug-likeness (QED) is 0.379. The van der Waals surface area contributed by atoms with E-state index < -0.39 is 0 Å². The molecule has 6 nitrogen and oxygen atoms in total. The Hall–Kier alpha value is -2.84. The van der Waals surface area contributed by atoms with Gasteiger partial charge in [0.05, 0.1) is 6.21 Å². The molecule has 3 aromatic heterocycles. The molecule has 0 aliphatic rings. The van der Waals surface area contributed by atoms with Crippen molar-refractivity contribution >= 4 is 50.3 Å². The number of rotatable bonds is 4. The first kappa shape index (κ1) is 16.6. The molecule has 0 radical (unpaired) electrons. The summed E-state index contributed by atoms with van der Waals surface area (Å²) in [7, 11) is 0. The highest BCUT2D eigenvalue weighted by atomic mass is 79.9. The largest absolute Gasteiger partial charge is 0.360 e. The zero-order valence-corrected chi connectivity index (χ0v) is 15.7. The number of benzene rings is 1. The maximum absolute atomic E-state index is 12.2. The highest BCUT2D eigenvalue weighted by Crippen LogP contribution is 2.32. The van der Waals surface area contributed by atoms with Crippen LogP contribution in [-0.2, 0) is 0 Å². The minimum absolute atomic E-state index is 0.334. The first-order valence-corrected chi connectivity index (χ1v) is 9.34. The summed E-state index contributed by atoms with van der Waals surface area (Å²) in [6, 6.07) is 9.60. The van der Waals surface area contributed by atoms with Crippen LogP contribution < -0.4 is 5.43 Å². The topological polar surface area (TPSA) is 83.0 Å². The summed E-state index contributed by atoms with van der Waals surface area (Å²) >= 11 is 4.90. The molecule has 0 bridgehead atoms. The molecular formula is C18H12BrN5OS. The summed E-state index contributed by atoms with van der Waals surface area (Å²) in [4.78, 5) is 23.8. The van der Waals surface area contributed by atoms with E-state index in [4.69, 9.17) is 0 Å². The molecule has 0 spiro atoms. The standard InChI is InChI=1S/C18H12BrN5OS/c19-12-1-2-15-13(7-12)14(9-21-15)18-23-16(10-26-18)17(25)24-22-8-11-3-5-20-6-4-11/h1-10,21H,(H,24,25)/b22-8+. The number of aromatic nitrogens is 3. The predicted octanol–water partition coefficient (Wildman–Crippen LogP) is 4.21. The lowest BCUT2D eigenvalue weighted by atomic mass is 10.2. The number of fused-ring (bicyclic) bond motifs is 1. The Bertz CT molecular complexity index is 1100. The first-order valence-electron chi connectivity index (χ1n) is 7.67. The molecule has 0 atom stereocenters. The monoisotopic (exact) mass is 425 g/mol. The molecule has 26 heavy (non-hydrogen) atoms. The third-order valence-electron chi connectivity index (χ3n) is 3.70. The second-order valence-electron chi connectivity index (χ2n) is 5.41. The molecule has 1 amide bonds. The third-order valence-corrected chi connectivity index (χ3v) is 5.07. The molecule has 1 aromatic carbocycles. The number of hydrogen-bond acceptors (Lipinski definition) is 5. The van der Waals surface area contributed by atoms with Gasteiger partial charge < -0.3 is 4.98 Å². The number of halogens is 1. The Morgan fingerprint density at radius 2 is 2.12 bits per heavy atom. The molecule has 2 N–H and O–H groups in total. The van der Waals surface area contributed by atoms with E-state index in [-0.39, 0.29) is 5.91 Å². The number of H-pyrrole nitrogens is 1. The van der Waals surface area contributed by atoms with Crippen LogP contribution in [0.25, 0.3) is 21.5 Å². The van der Waals surface area contributed by atoms with Crippen LogP contribution in [0, 0.1) is 0 Å². The second kappa shape index (κ2) is 7.19. The highest BCUT2D eigenvalue weighted by molar-refractivity contribution is 9.10. The number of thiazole rings is 1. The molecule has 0 saturated carbocycles. The normalized spacial score (nSPS) is 11.3. The molecule has 128 valence electrons. The van der Waals surface area contributed by atoms with Gasteiger partial charge in [-0.15, -0.1) is 11.3 Å². The van der Waals surface area contributed by atoms with Crippen molar-refractivity contribution in [3.8, 4) is 10.6 Å². The third kappa shape index (κ3) is 3.42. The molecule has 3 heterocycles. The van der Waals surface area contributed by atoms with Crippen molar-refractivity contribution in [2.24, 2.45) is 5.10 Å². The number of hydrogen-bond donors (Lipinski definition) is 2. The van der Waals surface area contributed by atoms with E-state index in [1.165, 1.54) is 11.3 Å². The summed E-state index contributed by atoms with van der Waals surface area (Å²) in [5.74, 6) is -0.348. The van der Waals surface area contributed by atoms with Crippen molar-refractivity contribution in [1.29, 1.82) is 0 Å². The molecule has 0 aliphatic heterocycles. The van der Waals surface area contributed by atoms with Gasteiger partial charge in [-0.2, -0.15) is 5.10 Å². The van der Waals surface area contributed by atoms with Gasteiger partial charge in [-0.05, 0) is 35.9 Å². The maximum atomic E-state index is 12.2. The van der Waals surface area contributed by atoms with Gasteiger partial charge in [-0.3, -0.25) is 9.78 Å². The van der Waals surface area contributed by atoms with Crippen LogP contribution >= 0.6 is 27.3 Å². The van der Waals surface area contributed by atoms with Crippen LogP contribution in [0.15, 0.2) is 63.9 Å². The van der Waals surface area contributed by atoms with E-state index in [2.05, 4.69) is 41.4 Å². The van der Waals surface area contributed by atoms with Crippen molar-refractivity contribution in [3.63, 3.8) is 0 Å². The lowest BCUT2D eigenvalue weighted by Gasteiger charge is -1.96. The summed E-state index contributed by atoms with van der Waals surface area (Å²) in [6.07, 6.45) is 6.79. The lowest BCUT2D eigenvalue weighted by Crippen LogP contribution is -2.17. The minimum Gasteiger partial charge on any atom is -0.360 e. The van der Waals surface area contributed by atoms with E-state index in [1.54, 1.807) is 36.1 Å². The molecule has 0 saturated heterocycles. The number of aromatic amines is 1. The number of pyridine rings is 1. The molecule has 0 unspecified atom stereocenters. The van der Waals surface area contributed by atoms with E-state index in [1.807, 2.05) is 24.4 Å². The van der Waals surface area contributed by atoms with Gasteiger partial charge in [0.15, 0.2) is 0 Å². The first-order chi connectivity index (χ1) is 12.7. The van der Waals surface area contributed by atoms with Crippen LogP contribution in [0.1, 0.15) is 16.1 Å². The second-order valence-corrected chi connectivity index (χ2v) is 7.18. The van der Waals surface area contributed by atoms with Crippen molar-refractivity contribution in [2.75, 3.05) is 0 Å². The average Bonchev–Trinajstić information content (AvgIpc) is 3.29. The van der Waals surface area contributed by atoms with Gasteiger partial charge in [-0.1, -0.05) is 15.9 Å². The van der Waals surface area contributed by atoms with Crippen molar-refractivity contribution in [2.45, 2.75) is 0 Å². The summed E-state index contributed by atoms with van der Waals surface area (Å²) in [6.45, 7) is 0. The predicted molar refractivity (Wildman–Crippen MR) is 106 cm³/mol. The Labute approximate surface area is 161 Å². The summed E-state index contributed by atoms with van der Waals surface area (Å²) < 4.78 is 0.992. The van der Waals surface area contributed by atoms with Gasteiger partial charge in [0.25, 0.3) is 5.91 Å². The van der Waals surface area contributed by atoms with Gasteiger partial charge >= 0.3 is 0 Å². The number of carbonyl (C=O) groups is 1. The van der Waals surface area contributed by atoms with Crippen LogP contribution in [0.2, 0.25) is 0 Å². The molecule has 0 aliphatic carbocycles. The maximum Gasteiger partial charge on any atom is 0.290 e. The Morgan fingerprint density at radius 1 is 1.27 bits per heavy atom. The Kier molecular flexibility index (Phi) is 4.59. The van der Waals surface area contributed by atoms with E-state index in [0.717, 1.165) is 31.5 Å². The lowest BCUT2D eigenvalue weighted by molar-refractivity contribution is 0.0951. The molecule has 8 heteroatoms. The zero-order chi connectivity index (χ0) is 17.9. The van der Waals surface area contributed by atoms with E-state index >= 15 is 0 Å². The highest BCUT2D eigenvalue weighted by Gasteiger charge is 2.14. The minimum atomic E-state index is -0.348. The Balaban J connectivity index is 1.53. The van der Waals surface area contributed by atoms with E-state index in [9.17, 15) is 4.79 Å². The number of nitrogens with zero attached hydrogens (tertiary/aromatic N) is 3. The van der Waals surface area contributed by atoms with Gasteiger partial charge in [-0.25, -0.2) is 10.4 Å².